The van der Waals surface area contributed by atoms with Crippen LogP contribution in [0.5, 0.6) is 5.75 Å². The number of rotatable bonds is 7. The Morgan fingerprint density at radius 2 is 2.05 bits per heavy atom. The summed E-state index contributed by atoms with van der Waals surface area (Å²) in [6.07, 6.45) is 0.250. The van der Waals surface area contributed by atoms with Gasteiger partial charge < -0.3 is 20.1 Å². The molecular formula is C16H24N2O3. The molecule has 1 heterocycles. The molecule has 1 aliphatic rings. The van der Waals surface area contributed by atoms with Crippen molar-refractivity contribution in [3.63, 3.8) is 0 Å². The van der Waals surface area contributed by atoms with E-state index in [1.807, 2.05) is 6.07 Å². The number of benzene rings is 1. The standard InChI is InChI=1S/C16H24N2O3/c1-11-8-13-10-15(21-14(13)9-12(11)2)16(19)18-5-4-17-6-7-20-3/h8-9,15,17H,4-7,10H2,1-3H3,(H,18,19). The number of amides is 1. The number of carbonyl (C=O) groups excluding carboxylic acids is 1. The minimum atomic E-state index is -0.403. The van der Waals surface area contributed by atoms with Crippen molar-refractivity contribution in [2.75, 3.05) is 33.4 Å². The van der Waals surface area contributed by atoms with Crippen LogP contribution in [-0.2, 0) is 16.0 Å². The monoisotopic (exact) mass is 292 g/mol. The van der Waals surface area contributed by atoms with Crippen LogP contribution in [0.1, 0.15) is 16.7 Å². The molecule has 1 unspecified atom stereocenters. The zero-order valence-corrected chi connectivity index (χ0v) is 13.0. The Kier molecular flexibility index (Phi) is 5.59. The predicted octanol–water partition coefficient (Wildman–Crippen LogP) is 0.959. The van der Waals surface area contributed by atoms with Crippen LogP contribution >= 0.6 is 0 Å². The van der Waals surface area contributed by atoms with Crippen molar-refractivity contribution in [2.45, 2.75) is 26.4 Å². The van der Waals surface area contributed by atoms with Gasteiger partial charge in [-0.1, -0.05) is 6.07 Å². The van der Waals surface area contributed by atoms with Crippen LogP contribution in [0.2, 0.25) is 0 Å². The molecule has 1 aromatic rings. The Bertz CT molecular complexity index is 472. The lowest BCUT2D eigenvalue weighted by molar-refractivity contribution is -0.127. The SMILES string of the molecule is COCCNCCNC(=O)C1Cc2cc(C)c(C)cc2O1. The van der Waals surface area contributed by atoms with E-state index < -0.39 is 6.10 Å². The van der Waals surface area contributed by atoms with Gasteiger partial charge in [-0.3, -0.25) is 4.79 Å². The van der Waals surface area contributed by atoms with Crippen LogP contribution in [0.25, 0.3) is 0 Å². The molecule has 5 heteroatoms. The summed E-state index contributed by atoms with van der Waals surface area (Å²) in [4.78, 5) is 12.1. The van der Waals surface area contributed by atoms with Crippen molar-refractivity contribution in [2.24, 2.45) is 0 Å². The molecule has 5 nitrogen and oxygen atoms in total. The highest BCUT2D eigenvalue weighted by Crippen LogP contribution is 2.31. The van der Waals surface area contributed by atoms with Gasteiger partial charge in [0.25, 0.3) is 5.91 Å². The van der Waals surface area contributed by atoms with E-state index in [1.165, 1.54) is 11.1 Å². The molecule has 0 bridgehead atoms. The lowest BCUT2D eigenvalue weighted by atomic mass is 10.0. The van der Waals surface area contributed by atoms with Gasteiger partial charge >= 0.3 is 0 Å². The molecule has 0 radical (unpaired) electrons. The van der Waals surface area contributed by atoms with E-state index in [1.54, 1.807) is 7.11 Å². The first-order valence-corrected chi connectivity index (χ1v) is 7.36. The van der Waals surface area contributed by atoms with E-state index in [0.717, 1.165) is 24.4 Å². The molecule has 0 spiro atoms. The van der Waals surface area contributed by atoms with Crippen LogP contribution in [0.3, 0.4) is 0 Å². The summed E-state index contributed by atoms with van der Waals surface area (Å²) < 4.78 is 10.7. The fourth-order valence-corrected chi connectivity index (χ4v) is 2.35. The van der Waals surface area contributed by atoms with Gasteiger partial charge in [0.05, 0.1) is 6.61 Å². The normalized spacial score (nSPS) is 16.4. The number of fused-ring (bicyclic) bond motifs is 1. The molecule has 0 saturated carbocycles. The highest BCUT2D eigenvalue weighted by molar-refractivity contribution is 5.82. The summed E-state index contributed by atoms with van der Waals surface area (Å²) >= 11 is 0. The van der Waals surface area contributed by atoms with Gasteiger partial charge in [0.15, 0.2) is 6.10 Å². The summed E-state index contributed by atoms with van der Waals surface area (Å²) in [6, 6.07) is 4.13. The van der Waals surface area contributed by atoms with Crippen LogP contribution in [0.15, 0.2) is 12.1 Å². The fourth-order valence-electron chi connectivity index (χ4n) is 2.35. The molecular weight excluding hydrogens is 268 g/mol. The third-order valence-electron chi connectivity index (χ3n) is 3.73. The third-order valence-corrected chi connectivity index (χ3v) is 3.73. The minimum Gasteiger partial charge on any atom is -0.480 e. The Balaban J connectivity index is 1.76. The molecule has 0 aromatic heterocycles. The quantitative estimate of drug-likeness (QED) is 0.735. The fraction of sp³-hybridized carbons (Fsp3) is 0.562. The summed E-state index contributed by atoms with van der Waals surface area (Å²) in [6.45, 7) is 6.92. The number of methoxy groups -OCH3 is 1. The van der Waals surface area contributed by atoms with Gasteiger partial charge in [0.2, 0.25) is 0 Å². The van der Waals surface area contributed by atoms with E-state index >= 15 is 0 Å². The molecule has 0 aliphatic carbocycles. The number of nitrogens with one attached hydrogen (secondary N) is 2. The second-order valence-corrected chi connectivity index (χ2v) is 5.39. The molecule has 1 aliphatic heterocycles. The average molecular weight is 292 g/mol. The molecule has 1 aromatic carbocycles. The van der Waals surface area contributed by atoms with Crippen molar-refractivity contribution in [1.82, 2.24) is 10.6 Å². The van der Waals surface area contributed by atoms with Gasteiger partial charge in [0.1, 0.15) is 5.75 Å². The van der Waals surface area contributed by atoms with Gasteiger partial charge in [0, 0.05) is 33.2 Å². The van der Waals surface area contributed by atoms with E-state index in [9.17, 15) is 4.79 Å². The third kappa shape index (κ3) is 4.19. The molecule has 0 fully saturated rings. The van der Waals surface area contributed by atoms with E-state index in [2.05, 4.69) is 30.5 Å². The van der Waals surface area contributed by atoms with Crippen molar-refractivity contribution in [1.29, 1.82) is 0 Å². The maximum Gasteiger partial charge on any atom is 0.261 e. The first kappa shape index (κ1) is 15.8. The Hall–Kier alpha value is -1.59. The van der Waals surface area contributed by atoms with Crippen LogP contribution in [-0.4, -0.2) is 45.4 Å². The highest BCUT2D eigenvalue weighted by atomic mass is 16.5. The smallest absolute Gasteiger partial charge is 0.261 e. The lowest BCUT2D eigenvalue weighted by Gasteiger charge is -2.11. The molecule has 1 amide bonds. The van der Waals surface area contributed by atoms with Crippen molar-refractivity contribution in [3.8, 4) is 5.75 Å². The second kappa shape index (κ2) is 7.43. The van der Waals surface area contributed by atoms with Crippen LogP contribution in [0.4, 0.5) is 0 Å². The summed E-state index contributed by atoms with van der Waals surface area (Å²) in [7, 11) is 1.67. The maximum atomic E-state index is 12.1. The summed E-state index contributed by atoms with van der Waals surface area (Å²) in [5, 5.41) is 6.08. The highest BCUT2D eigenvalue weighted by Gasteiger charge is 2.29. The summed E-state index contributed by atoms with van der Waals surface area (Å²) in [5.41, 5.74) is 3.55. The van der Waals surface area contributed by atoms with Gasteiger partial charge in [-0.15, -0.1) is 0 Å². The van der Waals surface area contributed by atoms with Crippen molar-refractivity contribution < 1.29 is 14.3 Å². The number of carbonyl (C=O) groups is 1. The van der Waals surface area contributed by atoms with E-state index in [4.69, 9.17) is 9.47 Å². The molecule has 1 atom stereocenters. The van der Waals surface area contributed by atoms with E-state index in [0.29, 0.717) is 19.6 Å². The van der Waals surface area contributed by atoms with Crippen LogP contribution < -0.4 is 15.4 Å². The average Bonchev–Trinajstić information content (AvgIpc) is 2.86. The molecule has 21 heavy (non-hydrogen) atoms. The van der Waals surface area contributed by atoms with Crippen molar-refractivity contribution >= 4 is 5.91 Å². The zero-order chi connectivity index (χ0) is 15.2. The maximum absolute atomic E-state index is 12.1. The first-order valence-electron chi connectivity index (χ1n) is 7.36. The first-order chi connectivity index (χ1) is 10.1. The Morgan fingerprint density at radius 3 is 2.81 bits per heavy atom. The number of aryl methyl sites for hydroxylation is 2. The number of hydrogen-bond donors (Lipinski definition) is 2. The molecule has 2 N–H and O–H groups in total. The van der Waals surface area contributed by atoms with E-state index in [-0.39, 0.29) is 5.91 Å². The Labute approximate surface area is 126 Å². The largest absolute Gasteiger partial charge is 0.480 e. The molecule has 2 rings (SSSR count). The van der Waals surface area contributed by atoms with Gasteiger partial charge in [-0.25, -0.2) is 0 Å². The van der Waals surface area contributed by atoms with Crippen molar-refractivity contribution in [3.05, 3.63) is 28.8 Å². The zero-order valence-electron chi connectivity index (χ0n) is 13.0. The lowest BCUT2D eigenvalue weighted by Crippen LogP contribution is -2.40. The minimum absolute atomic E-state index is 0.0463. The number of hydrogen-bond acceptors (Lipinski definition) is 4. The number of ether oxygens (including phenoxy) is 2. The van der Waals surface area contributed by atoms with Gasteiger partial charge in [-0.05, 0) is 36.6 Å². The van der Waals surface area contributed by atoms with Crippen LogP contribution in [0, 0.1) is 13.8 Å². The second-order valence-electron chi connectivity index (χ2n) is 5.39. The topological polar surface area (TPSA) is 59.6 Å². The Morgan fingerprint density at radius 1 is 1.29 bits per heavy atom. The molecule has 0 saturated heterocycles. The summed E-state index contributed by atoms with van der Waals surface area (Å²) in [5.74, 6) is 0.798. The predicted molar refractivity (Wildman–Crippen MR) is 81.8 cm³/mol. The molecule has 116 valence electrons. The van der Waals surface area contributed by atoms with Gasteiger partial charge in [-0.2, -0.15) is 0 Å².